The minimum absolute atomic E-state index is 0.00520. The maximum atomic E-state index is 9.85. The smallest absolute Gasteiger partial charge is 0.110 e. The molecule has 2 aromatic carbocycles. The van der Waals surface area contributed by atoms with Gasteiger partial charge in [-0.1, -0.05) is 75.4 Å². The number of hydrogen-bond donors (Lipinski definition) is 2. The van der Waals surface area contributed by atoms with Crippen molar-refractivity contribution in [3.8, 4) is 12.1 Å². The van der Waals surface area contributed by atoms with Crippen molar-refractivity contribution in [1.82, 2.24) is 20.0 Å². The van der Waals surface area contributed by atoms with Gasteiger partial charge < -0.3 is 10.6 Å². The average molecular weight is 565 g/mol. The highest BCUT2D eigenvalue weighted by atomic mass is 35.5. The summed E-state index contributed by atoms with van der Waals surface area (Å²) in [5.74, 6) is 0. The van der Waals surface area contributed by atoms with E-state index in [1.807, 2.05) is 43.5 Å². The minimum atomic E-state index is -0.423. The second-order valence-corrected chi connectivity index (χ2v) is 12.2. The lowest BCUT2D eigenvalue weighted by Crippen LogP contribution is -2.20. The zero-order valence-electron chi connectivity index (χ0n) is 23.8. The molecule has 0 aliphatic heterocycles. The Morgan fingerprint density at radius 2 is 2.00 bits per heavy atom. The van der Waals surface area contributed by atoms with Crippen molar-refractivity contribution in [3.05, 3.63) is 82.8 Å². The highest BCUT2D eigenvalue weighted by Gasteiger charge is 2.45. The van der Waals surface area contributed by atoms with Crippen LogP contribution in [-0.2, 0) is 5.41 Å². The molecule has 0 amide bonds. The van der Waals surface area contributed by atoms with E-state index >= 15 is 0 Å². The van der Waals surface area contributed by atoms with E-state index in [1.165, 1.54) is 0 Å². The van der Waals surface area contributed by atoms with Crippen molar-refractivity contribution in [2.75, 3.05) is 17.2 Å². The molecule has 208 valence electrons. The Balaban J connectivity index is 1.61. The number of nitrogens with zero attached hydrogens (tertiary/aromatic N) is 6. The number of allylic oxidation sites excluding steroid dienone is 1. The van der Waals surface area contributed by atoms with Gasteiger partial charge in [0.2, 0.25) is 0 Å². The van der Waals surface area contributed by atoms with Crippen molar-refractivity contribution in [2.24, 2.45) is 5.41 Å². The molecule has 0 unspecified atom stereocenters. The van der Waals surface area contributed by atoms with Crippen LogP contribution in [0.25, 0.3) is 16.6 Å². The number of pyridine rings is 1. The standard InChI is InChI=1S/C32H33ClN8/c1-6-20(2)41-17-27(39-40-41)29(21-8-7-9-23(12-21)32(18-35)10-11-32)38-24-13-25-28(37-19-31(3,4)5)22(15-34)16-36-30(25)26(33)14-24/h7-9,12-14,16-17,29,38H,2,6,10-11,19H2,1,3-5H3,(H,36,37)/t29-/m0/s1. The SMILES string of the molecule is C=C(CC)n1cc([C@@H](Nc2cc(Cl)c3ncc(C#N)c(NCC(C)(C)C)c3c2)c2cccc(C3(C#N)CC3)c2)nn1. The summed E-state index contributed by atoms with van der Waals surface area (Å²) in [6.07, 6.45) is 5.89. The number of nitriles is 2. The summed E-state index contributed by atoms with van der Waals surface area (Å²) >= 11 is 6.78. The molecule has 1 aliphatic rings. The van der Waals surface area contributed by atoms with E-state index < -0.39 is 11.5 Å². The summed E-state index contributed by atoms with van der Waals surface area (Å²) in [5.41, 5.74) is 5.55. The molecule has 0 spiro atoms. The molecule has 1 atom stereocenters. The molecule has 2 aromatic heterocycles. The summed E-state index contributed by atoms with van der Waals surface area (Å²) in [5, 5.41) is 36.8. The summed E-state index contributed by atoms with van der Waals surface area (Å²) in [6.45, 7) is 13.2. The Bertz CT molecular complexity index is 1710. The predicted octanol–water partition coefficient (Wildman–Crippen LogP) is 7.45. The summed E-state index contributed by atoms with van der Waals surface area (Å²) in [6, 6.07) is 16.3. The number of aromatic nitrogens is 4. The first kappa shape index (κ1) is 28.1. The van der Waals surface area contributed by atoms with Crippen LogP contribution in [0.1, 0.15) is 75.4 Å². The van der Waals surface area contributed by atoms with Gasteiger partial charge in [-0.2, -0.15) is 10.5 Å². The quantitative estimate of drug-likeness (QED) is 0.217. The zero-order valence-corrected chi connectivity index (χ0v) is 24.5. The van der Waals surface area contributed by atoms with E-state index in [1.54, 1.807) is 10.9 Å². The third kappa shape index (κ3) is 5.75. The van der Waals surface area contributed by atoms with Gasteiger partial charge in [0, 0.05) is 29.5 Å². The fourth-order valence-electron chi connectivity index (χ4n) is 4.80. The van der Waals surface area contributed by atoms with Crippen molar-refractivity contribution < 1.29 is 0 Å². The van der Waals surface area contributed by atoms with Crippen LogP contribution in [-0.4, -0.2) is 26.5 Å². The van der Waals surface area contributed by atoms with Gasteiger partial charge in [-0.15, -0.1) is 5.10 Å². The molecule has 1 aliphatic carbocycles. The Hall–Kier alpha value is -4.40. The zero-order chi connectivity index (χ0) is 29.4. The van der Waals surface area contributed by atoms with Gasteiger partial charge in [-0.05, 0) is 47.9 Å². The predicted molar refractivity (Wildman–Crippen MR) is 163 cm³/mol. The average Bonchev–Trinajstić information content (AvgIpc) is 3.62. The number of fused-ring (bicyclic) bond motifs is 1. The topological polar surface area (TPSA) is 115 Å². The van der Waals surface area contributed by atoms with Gasteiger partial charge in [0.25, 0.3) is 0 Å². The number of hydrogen-bond acceptors (Lipinski definition) is 7. The third-order valence-corrected chi connectivity index (χ3v) is 7.72. The Morgan fingerprint density at radius 3 is 2.66 bits per heavy atom. The molecule has 1 saturated carbocycles. The number of anilines is 2. The fraction of sp³-hybridized carbons (Fsp3) is 0.344. The van der Waals surface area contributed by atoms with Gasteiger partial charge in [0.15, 0.2) is 0 Å². The molecule has 2 N–H and O–H groups in total. The first-order valence-corrected chi connectivity index (χ1v) is 14.1. The number of rotatable bonds is 9. The van der Waals surface area contributed by atoms with Crippen molar-refractivity contribution in [3.63, 3.8) is 0 Å². The molecule has 5 rings (SSSR count). The van der Waals surface area contributed by atoms with E-state index in [0.29, 0.717) is 34.0 Å². The molecule has 8 nitrogen and oxygen atoms in total. The van der Waals surface area contributed by atoms with Gasteiger partial charge >= 0.3 is 0 Å². The lowest BCUT2D eigenvalue weighted by atomic mass is 9.93. The second-order valence-electron chi connectivity index (χ2n) is 11.8. The summed E-state index contributed by atoms with van der Waals surface area (Å²) in [7, 11) is 0. The minimum Gasteiger partial charge on any atom is -0.383 e. The number of halogens is 1. The van der Waals surface area contributed by atoms with Gasteiger partial charge in [0.05, 0.1) is 45.5 Å². The van der Waals surface area contributed by atoms with Gasteiger partial charge in [-0.3, -0.25) is 4.98 Å². The van der Waals surface area contributed by atoms with Crippen LogP contribution >= 0.6 is 11.6 Å². The highest BCUT2D eigenvalue weighted by molar-refractivity contribution is 6.35. The molecule has 9 heteroatoms. The molecular weight excluding hydrogens is 532 g/mol. The Kier molecular flexibility index (Phi) is 7.46. The fourth-order valence-corrected chi connectivity index (χ4v) is 5.07. The van der Waals surface area contributed by atoms with Crippen LogP contribution in [0.2, 0.25) is 5.02 Å². The van der Waals surface area contributed by atoms with Crippen molar-refractivity contribution in [2.45, 2.75) is 58.4 Å². The van der Waals surface area contributed by atoms with Crippen LogP contribution in [0.5, 0.6) is 0 Å². The van der Waals surface area contributed by atoms with E-state index in [-0.39, 0.29) is 5.41 Å². The van der Waals surface area contributed by atoms with E-state index in [4.69, 9.17) is 11.6 Å². The number of benzene rings is 2. The van der Waals surface area contributed by atoms with Crippen LogP contribution < -0.4 is 10.6 Å². The van der Waals surface area contributed by atoms with Crippen LogP contribution in [0, 0.1) is 28.1 Å². The lowest BCUT2D eigenvalue weighted by molar-refractivity contribution is 0.443. The normalized spacial score (nSPS) is 14.6. The van der Waals surface area contributed by atoms with E-state index in [9.17, 15) is 10.5 Å². The van der Waals surface area contributed by atoms with Crippen LogP contribution in [0.3, 0.4) is 0 Å². The summed E-state index contributed by atoms with van der Waals surface area (Å²) in [4.78, 5) is 4.49. The maximum Gasteiger partial charge on any atom is 0.110 e. The van der Waals surface area contributed by atoms with Gasteiger partial charge in [-0.25, -0.2) is 4.68 Å². The first-order chi connectivity index (χ1) is 19.6. The van der Waals surface area contributed by atoms with Crippen molar-refractivity contribution in [1.29, 1.82) is 10.5 Å². The van der Waals surface area contributed by atoms with Gasteiger partial charge in [0.1, 0.15) is 11.8 Å². The second kappa shape index (κ2) is 10.9. The largest absolute Gasteiger partial charge is 0.383 e. The Morgan fingerprint density at radius 1 is 1.22 bits per heavy atom. The maximum absolute atomic E-state index is 9.85. The monoisotopic (exact) mass is 564 g/mol. The van der Waals surface area contributed by atoms with Crippen molar-refractivity contribution >= 4 is 39.6 Å². The number of nitrogens with one attached hydrogen (secondary N) is 2. The third-order valence-electron chi connectivity index (χ3n) is 7.43. The first-order valence-electron chi connectivity index (χ1n) is 13.7. The molecule has 0 radical (unpaired) electrons. The lowest BCUT2D eigenvalue weighted by Gasteiger charge is -2.23. The molecule has 0 saturated heterocycles. The molecular formula is C32H33ClN8. The van der Waals surface area contributed by atoms with Crippen LogP contribution in [0.4, 0.5) is 11.4 Å². The van der Waals surface area contributed by atoms with Crippen LogP contribution in [0.15, 0.2) is 55.4 Å². The van der Waals surface area contributed by atoms with E-state index in [2.05, 4.69) is 71.5 Å². The molecule has 4 aromatic rings. The van der Waals surface area contributed by atoms with E-state index in [0.717, 1.165) is 47.2 Å². The molecule has 1 fully saturated rings. The molecule has 0 bridgehead atoms. The molecule has 41 heavy (non-hydrogen) atoms. The molecule has 2 heterocycles. The summed E-state index contributed by atoms with van der Waals surface area (Å²) < 4.78 is 1.69. The Labute approximate surface area is 245 Å². The highest BCUT2D eigenvalue weighted by Crippen LogP contribution is 2.48.